The van der Waals surface area contributed by atoms with Crippen molar-refractivity contribution < 1.29 is 39.8 Å². The lowest BCUT2D eigenvalue weighted by Gasteiger charge is -2.40. The molecule has 7 unspecified atom stereocenters. The van der Waals surface area contributed by atoms with E-state index in [1.807, 2.05) is 6.08 Å². The number of amides is 1. The molecule has 0 spiro atoms. The number of carbonyl (C=O) groups excluding carboxylic acids is 1. The van der Waals surface area contributed by atoms with Crippen LogP contribution in [0.4, 0.5) is 0 Å². The number of allylic oxidation sites excluding steroid dienone is 3. The van der Waals surface area contributed by atoms with Crippen molar-refractivity contribution in [1.29, 1.82) is 0 Å². The third-order valence-electron chi connectivity index (χ3n) is 8.53. The highest BCUT2D eigenvalue weighted by Gasteiger charge is 2.44. The number of carbonyl (C=O) groups is 1. The lowest BCUT2D eigenvalue weighted by Crippen LogP contribution is -2.60. The Balaban J connectivity index is 2.51. The number of nitrogens with one attached hydrogen (secondary N) is 1. The first-order valence-corrected chi connectivity index (χ1v) is 18.1. The highest BCUT2D eigenvalue weighted by Crippen LogP contribution is 2.22. The highest BCUT2D eigenvalue weighted by atomic mass is 16.7. The highest BCUT2D eigenvalue weighted by molar-refractivity contribution is 5.76. The molecule has 7 atom stereocenters. The van der Waals surface area contributed by atoms with Gasteiger partial charge in [-0.15, -0.1) is 0 Å². The zero-order valence-corrected chi connectivity index (χ0v) is 28.4. The molecule has 0 saturated carbocycles. The van der Waals surface area contributed by atoms with Crippen LogP contribution in [0.3, 0.4) is 0 Å². The zero-order valence-electron chi connectivity index (χ0n) is 28.4. The molecular formula is C36H67NO8. The molecule has 1 saturated heterocycles. The standard InChI is InChI=1S/C36H67NO8/c1-3-5-7-9-11-13-15-16-18-20-22-24-26-32(40)37-29(28-44-36-35(43)34(42)33(41)31(27-38)45-36)30(39)25-23-21-19-17-14-12-10-8-6-4-2/h14,17,23,25,29-31,33-36,38-39,41-43H,3-13,15-16,18-22,24,26-28H2,1-2H3,(H,37,40)/b17-14+,25-23+. The lowest BCUT2D eigenvalue weighted by atomic mass is 9.99. The first kappa shape index (κ1) is 41.7. The molecular weight excluding hydrogens is 574 g/mol. The number of aliphatic hydroxyl groups excluding tert-OH is 5. The summed E-state index contributed by atoms with van der Waals surface area (Å²) in [6.45, 7) is 3.68. The van der Waals surface area contributed by atoms with Crippen LogP contribution >= 0.6 is 0 Å². The first-order valence-electron chi connectivity index (χ1n) is 18.1. The molecule has 9 heteroatoms. The Morgan fingerprint density at radius 2 is 1.27 bits per heavy atom. The summed E-state index contributed by atoms with van der Waals surface area (Å²) >= 11 is 0. The van der Waals surface area contributed by atoms with Crippen LogP contribution in [0.5, 0.6) is 0 Å². The minimum absolute atomic E-state index is 0.192. The fraction of sp³-hybridized carbons (Fsp3) is 0.861. The summed E-state index contributed by atoms with van der Waals surface area (Å²) in [5.74, 6) is -0.192. The molecule has 45 heavy (non-hydrogen) atoms. The molecule has 0 radical (unpaired) electrons. The maximum absolute atomic E-state index is 12.8. The van der Waals surface area contributed by atoms with E-state index in [-0.39, 0.29) is 12.5 Å². The number of ether oxygens (including phenoxy) is 2. The molecule has 264 valence electrons. The fourth-order valence-corrected chi connectivity index (χ4v) is 5.52. The number of hydrogen-bond donors (Lipinski definition) is 6. The van der Waals surface area contributed by atoms with E-state index in [1.165, 1.54) is 83.5 Å². The van der Waals surface area contributed by atoms with Crippen molar-refractivity contribution >= 4 is 5.91 Å². The summed E-state index contributed by atoms with van der Waals surface area (Å²) in [4.78, 5) is 12.8. The molecule has 1 aliphatic rings. The van der Waals surface area contributed by atoms with Gasteiger partial charge in [-0.05, 0) is 32.1 Å². The van der Waals surface area contributed by atoms with E-state index in [2.05, 4.69) is 31.3 Å². The third-order valence-corrected chi connectivity index (χ3v) is 8.53. The summed E-state index contributed by atoms with van der Waals surface area (Å²) < 4.78 is 11.1. The molecule has 0 aromatic rings. The van der Waals surface area contributed by atoms with E-state index in [0.29, 0.717) is 6.42 Å². The molecule has 0 aliphatic carbocycles. The van der Waals surface area contributed by atoms with Gasteiger partial charge in [0.05, 0.1) is 25.4 Å². The monoisotopic (exact) mass is 641 g/mol. The maximum atomic E-state index is 12.8. The smallest absolute Gasteiger partial charge is 0.220 e. The van der Waals surface area contributed by atoms with Gasteiger partial charge >= 0.3 is 0 Å². The summed E-state index contributed by atoms with van der Waals surface area (Å²) in [7, 11) is 0. The number of unbranched alkanes of at least 4 members (excludes halogenated alkanes) is 16. The molecule has 1 fully saturated rings. The number of hydrogen-bond acceptors (Lipinski definition) is 8. The van der Waals surface area contributed by atoms with Crippen LogP contribution < -0.4 is 5.32 Å². The summed E-state index contributed by atoms with van der Waals surface area (Å²) in [6, 6.07) is -0.812. The van der Waals surface area contributed by atoms with Crippen LogP contribution in [-0.2, 0) is 14.3 Å². The Hall–Kier alpha value is -1.33. The second-order valence-corrected chi connectivity index (χ2v) is 12.7. The van der Waals surface area contributed by atoms with Crippen molar-refractivity contribution in [2.75, 3.05) is 13.2 Å². The van der Waals surface area contributed by atoms with Crippen molar-refractivity contribution in [3.63, 3.8) is 0 Å². The quantitative estimate of drug-likeness (QED) is 0.0478. The van der Waals surface area contributed by atoms with E-state index in [0.717, 1.165) is 38.5 Å². The number of aliphatic hydroxyl groups is 5. The van der Waals surface area contributed by atoms with Gasteiger partial charge in [0.15, 0.2) is 6.29 Å². The second kappa shape index (κ2) is 27.8. The van der Waals surface area contributed by atoms with Gasteiger partial charge in [0.25, 0.3) is 0 Å². The molecule has 1 amide bonds. The average molecular weight is 642 g/mol. The summed E-state index contributed by atoms with van der Waals surface area (Å²) in [5, 5.41) is 53.7. The molecule has 0 bridgehead atoms. The molecule has 9 nitrogen and oxygen atoms in total. The minimum Gasteiger partial charge on any atom is -0.394 e. The van der Waals surface area contributed by atoms with Crippen molar-refractivity contribution in [2.24, 2.45) is 0 Å². The van der Waals surface area contributed by atoms with Crippen molar-refractivity contribution in [3.05, 3.63) is 24.3 Å². The molecule has 1 rings (SSSR count). The Morgan fingerprint density at radius 3 is 1.87 bits per heavy atom. The zero-order chi connectivity index (χ0) is 33.1. The summed E-state index contributed by atoms with van der Waals surface area (Å²) in [5.41, 5.74) is 0. The van der Waals surface area contributed by atoms with E-state index in [4.69, 9.17) is 9.47 Å². The lowest BCUT2D eigenvalue weighted by molar-refractivity contribution is -0.302. The van der Waals surface area contributed by atoms with Gasteiger partial charge in [0.2, 0.25) is 5.91 Å². The van der Waals surface area contributed by atoms with Crippen LogP contribution in [0, 0.1) is 0 Å². The van der Waals surface area contributed by atoms with Gasteiger partial charge in [-0.25, -0.2) is 0 Å². The van der Waals surface area contributed by atoms with Gasteiger partial charge in [0, 0.05) is 6.42 Å². The van der Waals surface area contributed by atoms with Crippen LogP contribution in [0.25, 0.3) is 0 Å². The first-order chi connectivity index (χ1) is 21.8. The van der Waals surface area contributed by atoms with Crippen LogP contribution in [0.2, 0.25) is 0 Å². The van der Waals surface area contributed by atoms with Crippen molar-refractivity contribution in [1.82, 2.24) is 5.32 Å². The third kappa shape index (κ3) is 19.8. The molecule has 1 heterocycles. The number of rotatable bonds is 28. The van der Waals surface area contributed by atoms with Crippen LogP contribution in [0.15, 0.2) is 24.3 Å². The van der Waals surface area contributed by atoms with Crippen LogP contribution in [0.1, 0.15) is 142 Å². The SMILES string of the molecule is CCCCCC/C=C/CC/C=C/C(O)C(COC1OC(CO)C(O)C(O)C1O)NC(=O)CCCCCCCCCCCCCC. The van der Waals surface area contributed by atoms with Gasteiger partial charge in [-0.1, -0.05) is 128 Å². The van der Waals surface area contributed by atoms with Crippen molar-refractivity contribution in [2.45, 2.75) is 185 Å². The second-order valence-electron chi connectivity index (χ2n) is 12.7. The van der Waals surface area contributed by atoms with E-state index >= 15 is 0 Å². The van der Waals surface area contributed by atoms with E-state index in [9.17, 15) is 30.3 Å². The predicted molar refractivity (Wildman–Crippen MR) is 180 cm³/mol. The Bertz CT molecular complexity index is 761. The molecule has 1 aliphatic heterocycles. The summed E-state index contributed by atoms with van der Waals surface area (Å²) in [6.07, 6.45) is 22.3. The predicted octanol–water partition coefficient (Wildman–Crippen LogP) is 5.60. The Kier molecular flexibility index (Phi) is 25.7. The average Bonchev–Trinajstić information content (AvgIpc) is 3.04. The van der Waals surface area contributed by atoms with Gasteiger partial charge < -0.3 is 40.3 Å². The van der Waals surface area contributed by atoms with Gasteiger partial charge in [-0.2, -0.15) is 0 Å². The van der Waals surface area contributed by atoms with Gasteiger partial charge in [0.1, 0.15) is 24.4 Å². The Morgan fingerprint density at radius 1 is 0.733 bits per heavy atom. The molecule has 0 aromatic carbocycles. The van der Waals surface area contributed by atoms with E-state index in [1.54, 1.807) is 6.08 Å². The maximum Gasteiger partial charge on any atom is 0.220 e. The minimum atomic E-state index is -1.57. The van der Waals surface area contributed by atoms with Crippen LogP contribution in [-0.4, -0.2) is 87.5 Å². The van der Waals surface area contributed by atoms with E-state index < -0.39 is 49.5 Å². The Labute approximate surface area is 273 Å². The van der Waals surface area contributed by atoms with Crippen molar-refractivity contribution in [3.8, 4) is 0 Å². The molecule has 6 N–H and O–H groups in total. The topological polar surface area (TPSA) is 149 Å². The fourth-order valence-electron chi connectivity index (χ4n) is 5.52. The van der Waals surface area contributed by atoms with Gasteiger partial charge in [-0.3, -0.25) is 4.79 Å². The largest absolute Gasteiger partial charge is 0.394 e. The normalized spacial score (nSPS) is 23.6. The molecule has 0 aromatic heterocycles.